The fourth-order valence-electron chi connectivity index (χ4n) is 4.10. The minimum Gasteiger partial charge on any atom is -0.406 e. The minimum absolute atomic E-state index is 0.0271. The van der Waals surface area contributed by atoms with E-state index in [0.29, 0.717) is 11.4 Å². The Morgan fingerprint density at radius 3 is 2.19 bits per heavy atom. The van der Waals surface area contributed by atoms with Crippen LogP contribution in [-0.2, 0) is 7.05 Å². The number of hydrogen-bond acceptors (Lipinski definition) is 2. The van der Waals surface area contributed by atoms with Crippen molar-refractivity contribution in [3.8, 4) is 11.4 Å². The molecule has 0 saturated heterocycles. The highest BCUT2D eigenvalue weighted by atomic mass is 35.5. The number of ether oxygens (including phenoxy) is 1. The fraction of sp³-hybridized carbons (Fsp3) is 0.393. The van der Waals surface area contributed by atoms with Crippen LogP contribution >= 0.6 is 23.2 Å². The summed E-state index contributed by atoms with van der Waals surface area (Å²) in [4.78, 5) is 12.2. The van der Waals surface area contributed by atoms with Gasteiger partial charge in [0.15, 0.2) is 0 Å². The maximum absolute atomic E-state index is 12.2. The van der Waals surface area contributed by atoms with Gasteiger partial charge in [0.1, 0.15) is 10.8 Å². The third-order valence-electron chi connectivity index (χ3n) is 5.63. The number of nitrogens with zero attached hydrogens (tertiary/aromatic N) is 2. The Morgan fingerprint density at radius 2 is 1.70 bits per heavy atom. The molecule has 0 aliphatic rings. The second-order valence-electron chi connectivity index (χ2n) is 8.88. The van der Waals surface area contributed by atoms with Crippen LogP contribution in [0.15, 0.2) is 53.3 Å². The molecule has 0 atom stereocenters. The quantitative estimate of drug-likeness (QED) is 0.291. The minimum atomic E-state index is -4.75. The van der Waals surface area contributed by atoms with E-state index in [4.69, 9.17) is 23.2 Å². The van der Waals surface area contributed by atoms with Gasteiger partial charge < -0.3 is 4.74 Å². The van der Waals surface area contributed by atoms with Gasteiger partial charge in [-0.05, 0) is 78.8 Å². The molecule has 2 aromatic carbocycles. The first kappa shape index (κ1) is 30.6. The van der Waals surface area contributed by atoms with Crippen molar-refractivity contribution >= 4 is 28.8 Å². The zero-order valence-electron chi connectivity index (χ0n) is 21.9. The first-order valence-corrected chi connectivity index (χ1v) is 12.8. The predicted molar refractivity (Wildman–Crippen MR) is 146 cm³/mol. The van der Waals surface area contributed by atoms with Crippen LogP contribution in [0, 0.1) is 6.92 Å². The molecule has 0 fully saturated rings. The van der Waals surface area contributed by atoms with Crippen molar-refractivity contribution in [2.24, 2.45) is 7.05 Å². The normalized spacial score (nSPS) is 11.9. The van der Waals surface area contributed by atoms with E-state index in [1.165, 1.54) is 39.9 Å². The van der Waals surface area contributed by atoms with Gasteiger partial charge in [0, 0.05) is 12.1 Å². The Labute approximate surface area is 226 Å². The summed E-state index contributed by atoms with van der Waals surface area (Å²) >= 11 is 12.1. The summed E-state index contributed by atoms with van der Waals surface area (Å²) in [5, 5.41) is 0.932. The van der Waals surface area contributed by atoms with Crippen molar-refractivity contribution in [3.63, 3.8) is 0 Å². The van der Waals surface area contributed by atoms with Crippen molar-refractivity contribution < 1.29 is 17.9 Å². The maximum Gasteiger partial charge on any atom is 0.573 e. The standard InChI is InChI=1S/C14H14ClF3N2O2.C14H19Cl/c1-8(2)12-11(15)13(21)20(19(12)3)9-4-6-10(7-5-9)22-14(16,17)18;1-4-6-12(7-5-2)14-10-13(15)9-8-11(14)3/h4-8H,1-3H3;6,8-10H,4-5,7H2,1-3H3/b;12-6+. The van der Waals surface area contributed by atoms with Gasteiger partial charge in [0.25, 0.3) is 5.56 Å². The number of alkyl halides is 3. The SMILES string of the molecule is CC(C)c1c(Cl)c(=O)n(-c2ccc(OC(F)(F)F)cc2)n1C.CC/C=C(\CCC)c1cc(Cl)ccc1C. The van der Waals surface area contributed by atoms with Crippen LogP contribution < -0.4 is 10.3 Å². The number of halogens is 5. The van der Waals surface area contributed by atoms with Gasteiger partial charge in [0.2, 0.25) is 0 Å². The Morgan fingerprint density at radius 1 is 1.08 bits per heavy atom. The summed E-state index contributed by atoms with van der Waals surface area (Å²) in [7, 11) is 1.67. The summed E-state index contributed by atoms with van der Waals surface area (Å²) in [5.41, 5.74) is 4.69. The molecule has 0 aliphatic heterocycles. The average Bonchev–Trinajstić information content (AvgIpc) is 3.03. The highest BCUT2D eigenvalue weighted by molar-refractivity contribution is 6.31. The monoisotopic (exact) mass is 556 g/mol. The molecule has 37 heavy (non-hydrogen) atoms. The molecule has 3 aromatic rings. The first-order valence-electron chi connectivity index (χ1n) is 12.1. The summed E-state index contributed by atoms with van der Waals surface area (Å²) in [6.07, 6.45) is 0.952. The van der Waals surface area contributed by atoms with E-state index in [2.05, 4.69) is 43.7 Å². The van der Waals surface area contributed by atoms with Crippen molar-refractivity contribution in [2.75, 3.05) is 0 Å². The number of aryl methyl sites for hydroxylation is 1. The molecule has 0 spiro atoms. The van der Waals surface area contributed by atoms with Crippen molar-refractivity contribution in [1.82, 2.24) is 9.36 Å². The number of benzene rings is 2. The lowest BCUT2D eigenvalue weighted by molar-refractivity contribution is -0.274. The third-order valence-corrected chi connectivity index (χ3v) is 6.22. The van der Waals surface area contributed by atoms with E-state index in [0.717, 1.165) is 30.0 Å². The van der Waals surface area contributed by atoms with Crippen LogP contribution in [0.4, 0.5) is 13.2 Å². The van der Waals surface area contributed by atoms with Crippen LogP contribution in [0.5, 0.6) is 5.75 Å². The zero-order valence-corrected chi connectivity index (χ0v) is 23.4. The van der Waals surface area contributed by atoms with Crippen LogP contribution in [0.3, 0.4) is 0 Å². The summed E-state index contributed by atoms with van der Waals surface area (Å²) in [6, 6.07) is 11.1. The molecule has 0 saturated carbocycles. The van der Waals surface area contributed by atoms with E-state index in [-0.39, 0.29) is 16.7 Å². The molecule has 0 unspecified atom stereocenters. The van der Waals surface area contributed by atoms with Crippen LogP contribution in [0.1, 0.15) is 69.7 Å². The van der Waals surface area contributed by atoms with Crippen molar-refractivity contribution in [1.29, 1.82) is 0 Å². The number of hydrogen-bond donors (Lipinski definition) is 0. The number of aromatic nitrogens is 2. The largest absolute Gasteiger partial charge is 0.573 e. The average molecular weight is 557 g/mol. The lowest BCUT2D eigenvalue weighted by Crippen LogP contribution is -2.20. The molecule has 3 rings (SSSR count). The molecule has 0 bridgehead atoms. The molecule has 1 aromatic heterocycles. The lowest BCUT2D eigenvalue weighted by atomic mass is 9.96. The highest BCUT2D eigenvalue weighted by Gasteiger charge is 2.31. The second kappa shape index (κ2) is 13.2. The van der Waals surface area contributed by atoms with Gasteiger partial charge in [-0.1, -0.05) is 69.5 Å². The first-order chi connectivity index (χ1) is 17.3. The van der Waals surface area contributed by atoms with Gasteiger partial charge in [0.05, 0.1) is 11.4 Å². The fourth-order valence-corrected chi connectivity index (χ4v) is 4.69. The van der Waals surface area contributed by atoms with Gasteiger partial charge in [-0.15, -0.1) is 13.2 Å². The molecule has 0 radical (unpaired) electrons. The number of rotatable bonds is 7. The van der Waals surface area contributed by atoms with E-state index in [1.807, 2.05) is 19.9 Å². The molecule has 1 heterocycles. The third kappa shape index (κ3) is 8.17. The lowest BCUT2D eigenvalue weighted by Gasteiger charge is -2.13. The maximum atomic E-state index is 12.2. The predicted octanol–water partition coefficient (Wildman–Crippen LogP) is 9.09. The van der Waals surface area contributed by atoms with Crippen LogP contribution in [-0.4, -0.2) is 15.7 Å². The van der Waals surface area contributed by atoms with E-state index < -0.39 is 11.9 Å². The van der Waals surface area contributed by atoms with Gasteiger partial charge in [-0.3, -0.25) is 9.48 Å². The van der Waals surface area contributed by atoms with Crippen LogP contribution in [0.25, 0.3) is 11.3 Å². The topological polar surface area (TPSA) is 36.2 Å². The second-order valence-corrected chi connectivity index (χ2v) is 9.70. The molecular weight excluding hydrogens is 524 g/mol. The Hall–Kier alpha value is -2.64. The Kier molecular flexibility index (Phi) is 10.9. The van der Waals surface area contributed by atoms with Crippen LogP contribution in [0.2, 0.25) is 10.0 Å². The molecule has 0 N–H and O–H groups in total. The highest BCUT2D eigenvalue weighted by Crippen LogP contribution is 2.27. The van der Waals surface area contributed by atoms with Crippen molar-refractivity contribution in [2.45, 2.75) is 66.2 Å². The summed E-state index contributed by atoms with van der Waals surface area (Å²) < 4.78 is 43.1. The molecule has 0 amide bonds. The molecule has 0 aliphatic carbocycles. The van der Waals surface area contributed by atoms with E-state index >= 15 is 0 Å². The Balaban J connectivity index is 0.000000281. The smallest absolute Gasteiger partial charge is 0.406 e. The van der Waals surface area contributed by atoms with E-state index in [9.17, 15) is 18.0 Å². The van der Waals surface area contributed by atoms with E-state index in [1.54, 1.807) is 11.7 Å². The van der Waals surface area contributed by atoms with Gasteiger partial charge in [-0.25, -0.2) is 4.68 Å². The zero-order chi connectivity index (χ0) is 27.9. The molecule has 4 nitrogen and oxygen atoms in total. The van der Waals surface area contributed by atoms with Crippen molar-refractivity contribution in [3.05, 3.63) is 85.8 Å². The van der Waals surface area contributed by atoms with Gasteiger partial charge >= 0.3 is 6.36 Å². The molecule has 202 valence electrons. The Bertz CT molecular complexity index is 1270. The summed E-state index contributed by atoms with van der Waals surface area (Å²) in [5.74, 6) is -0.326. The summed E-state index contributed by atoms with van der Waals surface area (Å²) in [6.45, 7) is 10.3. The van der Waals surface area contributed by atoms with Gasteiger partial charge in [-0.2, -0.15) is 0 Å². The molecular formula is C28H33Cl2F3N2O2. The molecule has 9 heteroatoms. The number of allylic oxidation sites excluding steroid dienone is 2.